The van der Waals surface area contributed by atoms with Gasteiger partial charge in [0.2, 0.25) is 0 Å². The Labute approximate surface area is 131 Å². The van der Waals surface area contributed by atoms with Gasteiger partial charge in [-0.05, 0) is 11.6 Å². The average Bonchev–Trinajstić information content (AvgIpc) is 2.86. The molecule has 0 aliphatic carbocycles. The number of carboxylic acids is 2. The van der Waals surface area contributed by atoms with Gasteiger partial charge in [0.15, 0.2) is 0 Å². The van der Waals surface area contributed by atoms with Gasteiger partial charge in [0, 0.05) is 23.0 Å². The molecule has 2 rings (SSSR count). The van der Waals surface area contributed by atoms with Crippen LogP contribution in [-0.4, -0.2) is 39.5 Å². The highest BCUT2D eigenvalue weighted by molar-refractivity contribution is 5.89. The average molecular weight is 319 g/mol. The number of aromatic nitrogens is 1. The molecule has 8 nitrogen and oxygen atoms in total. The first kappa shape index (κ1) is 16.7. The molecule has 1 aromatic carbocycles. The molecule has 2 atom stereocenters. The van der Waals surface area contributed by atoms with Crippen LogP contribution in [0.1, 0.15) is 17.7 Å². The lowest BCUT2D eigenvalue weighted by molar-refractivity contribution is -0.140. The molecular weight excluding hydrogens is 302 g/mol. The number of nitrogens with two attached hydrogens (primary N) is 2. The zero-order valence-corrected chi connectivity index (χ0v) is 12.2. The van der Waals surface area contributed by atoms with E-state index in [9.17, 15) is 14.4 Å². The van der Waals surface area contributed by atoms with Crippen LogP contribution in [0.3, 0.4) is 0 Å². The zero-order valence-electron chi connectivity index (χ0n) is 12.2. The summed E-state index contributed by atoms with van der Waals surface area (Å²) in [5.74, 6) is -2.44. The molecule has 8 heteroatoms. The number of rotatable bonds is 7. The van der Waals surface area contributed by atoms with Gasteiger partial charge < -0.3 is 31.5 Å². The largest absolute Gasteiger partial charge is 0.481 e. The minimum Gasteiger partial charge on any atom is -0.481 e. The van der Waals surface area contributed by atoms with Crippen molar-refractivity contribution in [3.8, 4) is 0 Å². The Hall–Kier alpha value is -2.71. The van der Waals surface area contributed by atoms with Gasteiger partial charge in [0.05, 0.1) is 6.42 Å². The fraction of sp³-hybridized carbons (Fsp3) is 0.267. The van der Waals surface area contributed by atoms with Crippen molar-refractivity contribution in [1.82, 2.24) is 4.98 Å². The predicted octanol–water partition coefficient (Wildman–Crippen LogP) is -0.0501. The highest BCUT2D eigenvalue weighted by atomic mass is 16.4. The summed E-state index contributed by atoms with van der Waals surface area (Å²) < 4.78 is 0. The molecule has 7 N–H and O–H groups in total. The number of aromatic amines is 1. The second kappa shape index (κ2) is 6.19. The molecule has 122 valence electrons. The molecule has 23 heavy (non-hydrogen) atoms. The number of para-hydroxylation sites is 1. The van der Waals surface area contributed by atoms with Crippen molar-refractivity contribution in [2.24, 2.45) is 11.5 Å². The van der Waals surface area contributed by atoms with Gasteiger partial charge in [-0.25, -0.2) is 0 Å². The van der Waals surface area contributed by atoms with E-state index in [-0.39, 0.29) is 12.1 Å². The lowest BCUT2D eigenvalue weighted by atomic mass is 9.88. The van der Waals surface area contributed by atoms with Crippen LogP contribution in [0, 0.1) is 0 Å². The summed E-state index contributed by atoms with van der Waals surface area (Å²) in [6.07, 6.45) is -0.360. The Morgan fingerprint density at radius 1 is 1.30 bits per heavy atom. The quantitative estimate of drug-likeness (QED) is 0.447. The zero-order chi connectivity index (χ0) is 17.2. The van der Waals surface area contributed by atoms with Gasteiger partial charge in [-0.3, -0.25) is 9.59 Å². The van der Waals surface area contributed by atoms with Crippen LogP contribution in [0.25, 0.3) is 10.9 Å². The number of carbonyl (C=O) groups is 3. The lowest BCUT2D eigenvalue weighted by Gasteiger charge is -2.22. The van der Waals surface area contributed by atoms with Crippen molar-refractivity contribution < 1.29 is 24.6 Å². The van der Waals surface area contributed by atoms with E-state index in [0.29, 0.717) is 22.8 Å². The van der Waals surface area contributed by atoms with Crippen molar-refractivity contribution in [2.45, 2.75) is 24.4 Å². The number of carboxylic acid groups (broad SMARTS) is 2. The van der Waals surface area contributed by atoms with E-state index in [1.807, 2.05) is 0 Å². The van der Waals surface area contributed by atoms with Crippen molar-refractivity contribution in [3.05, 3.63) is 35.5 Å². The second-order valence-electron chi connectivity index (χ2n) is 5.40. The molecule has 0 bridgehead atoms. The van der Waals surface area contributed by atoms with Crippen LogP contribution in [0.5, 0.6) is 0 Å². The van der Waals surface area contributed by atoms with E-state index < -0.39 is 29.9 Å². The molecular formula is C15H17N3O5. The second-order valence-corrected chi connectivity index (χ2v) is 5.40. The van der Waals surface area contributed by atoms with Crippen LogP contribution in [0.2, 0.25) is 0 Å². The summed E-state index contributed by atoms with van der Waals surface area (Å²) in [5, 5.41) is 18.7. The van der Waals surface area contributed by atoms with Crippen LogP contribution in [-0.2, 0) is 26.3 Å². The van der Waals surface area contributed by atoms with Crippen LogP contribution in [0.4, 0.5) is 0 Å². The molecule has 1 aromatic heterocycles. The fourth-order valence-electron chi connectivity index (χ4n) is 2.56. The fourth-order valence-corrected chi connectivity index (χ4v) is 2.56. The van der Waals surface area contributed by atoms with Gasteiger partial charge in [0.1, 0.15) is 17.9 Å². The van der Waals surface area contributed by atoms with Crippen molar-refractivity contribution >= 4 is 29.1 Å². The number of nitrogens with one attached hydrogen (secondary N) is 1. The third-order valence-corrected chi connectivity index (χ3v) is 3.67. The van der Waals surface area contributed by atoms with Gasteiger partial charge in [0.25, 0.3) is 0 Å². The molecule has 0 radical (unpaired) electrons. The molecule has 0 aliphatic heterocycles. The van der Waals surface area contributed by atoms with E-state index in [1.165, 1.54) is 0 Å². The van der Waals surface area contributed by atoms with E-state index in [4.69, 9.17) is 21.7 Å². The maximum absolute atomic E-state index is 11.5. The van der Waals surface area contributed by atoms with Gasteiger partial charge >= 0.3 is 11.9 Å². The van der Waals surface area contributed by atoms with Crippen LogP contribution >= 0.6 is 0 Å². The Morgan fingerprint density at radius 3 is 2.52 bits per heavy atom. The number of benzene rings is 1. The minimum atomic E-state index is -1.79. The Kier molecular flexibility index (Phi) is 4.48. The third-order valence-electron chi connectivity index (χ3n) is 3.67. The van der Waals surface area contributed by atoms with Gasteiger partial charge in [-0.2, -0.15) is 0 Å². The number of aldehydes is 1. The monoisotopic (exact) mass is 319 g/mol. The topological polar surface area (TPSA) is 160 Å². The summed E-state index contributed by atoms with van der Waals surface area (Å²) in [6, 6.07) is 5.74. The number of fused-ring (bicyclic) bond motifs is 1. The van der Waals surface area contributed by atoms with Crippen LogP contribution in [0.15, 0.2) is 24.3 Å². The number of hydrogen-bond acceptors (Lipinski definition) is 5. The SMILES string of the molecule is N[C@@H](Cc1c([C@](N)(C=O)CC(=O)O)[nH]c2ccccc12)C(=O)O. The lowest BCUT2D eigenvalue weighted by Crippen LogP contribution is -2.42. The molecule has 0 fully saturated rings. The third kappa shape index (κ3) is 3.22. The molecule has 0 amide bonds. The van der Waals surface area contributed by atoms with E-state index in [1.54, 1.807) is 24.3 Å². The molecule has 2 aromatic rings. The maximum Gasteiger partial charge on any atom is 0.320 e. The summed E-state index contributed by atoms with van der Waals surface area (Å²) in [4.78, 5) is 36.5. The molecule has 1 heterocycles. The number of aliphatic carboxylic acids is 2. The molecule has 0 spiro atoms. The highest BCUT2D eigenvalue weighted by Gasteiger charge is 2.35. The Morgan fingerprint density at radius 2 is 1.96 bits per heavy atom. The number of hydrogen-bond donors (Lipinski definition) is 5. The van der Waals surface area contributed by atoms with Gasteiger partial charge in [-0.1, -0.05) is 18.2 Å². The van der Waals surface area contributed by atoms with Crippen molar-refractivity contribution in [3.63, 3.8) is 0 Å². The first-order valence-corrected chi connectivity index (χ1v) is 6.84. The Bertz CT molecular complexity index is 770. The summed E-state index contributed by atoms with van der Waals surface area (Å²) in [7, 11) is 0. The van der Waals surface area contributed by atoms with Crippen LogP contribution < -0.4 is 11.5 Å². The molecule has 0 saturated heterocycles. The molecule has 0 aliphatic rings. The minimum absolute atomic E-state index is 0.0823. The standard InChI is InChI=1S/C15H17N3O5/c16-10(14(22)23)5-9-8-3-1-2-4-11(8)18-13(9)15(17,7-19)6-12(20)21/h1-4,7,10,18H,5-6,16-17H2,(H,20,21)(H,22,23)/t10-,15+/m0/s1. The normalized spacial score (nSPS) is 15.0. The van der Waals surface area contributed by atoms with Crippen molar-refractivity contribution in [2.75, 3.05) is 0 Å². The number of carbonyl (C=O) groups excluding carboxylic acids is 1. The smallest absolute Gasteiger partial charge is 0.320 e. The number of H-pyrrole nitrogens is 1. The van der Waals surface area contributed by atoms with Crippen molar-refractivity contribution in [1.29, 1.82) is 0 Å². The van der Waals surface area contributed by atoms with E-state index >= 15 is 0 Å². The molecule has 0 saturated carbocycles. The predicted molar refractivity (Wildman–Crippen MR) is 81.8 cm³/mol. The Balaban J connectivity index is 2.64. The first-order chi connectivity index (χ1) is 10.8. The molecule has 0 unspecified atom stereocenters. The van der Waals surface area contributed by atoms with E-state index in [0.717, 1.165) is 0 Å². The summed E-state index contributed by atoms with van der Waals surface area (Å²) in [6.45, 7) is 0. The van der Waals surface area contributed by atoms with E-state index in [2.05, 4.69) is 4.98 Å². The first-order valence-electron chi connectivity index (χ1n) is 6.84. The summed E-state index contributed by atoms with van der Waals surface area (Å²) in [5.41, 5.74) is 11.0. The summed E-state index contributed by atoms with van der Waals surface area (Å²) >= 11 is 0. The highest BCUT2D eigenvalue weighted by Crippen LogP contribution is 2.31. The maximum atomic E-state index is 11.5. The van der Waals surface area contributed by atoms with Gasteiger partial charge in [-0.15, -0.1) is 0 Å².